The van der Waals surface area contributed by atoms with Gasteiger partial charge >= 0.3 is 0 Å². The Morgan fingerprint density at radius 1 is 1.14 bits per heavy atom. The van der Waals surface area contributed by atoms with E-state index in [1.165, 1.54) is 0 Å². The van der Waals surface area contributed by atoms with Crippen LogP contribution in [0.2, 0.25) is 0 Å². The maximum Gasteiger partial charge on any atom is 0.179 e. The van der Waals surface area contributed by atoms with Gasteiger partial charge < -0.3 is 5.11 Å². The van der Waals surface area contributed by atoms with Crippen LogP contribution >= 0.6 is 0 Å². The van der Waals surface area contributed by atoms with Crippen molar-refractivity contribution < 1.29 is 13.5 Å². The number of benzene rings is 2. The minimum Gasteiger partial charge on any atom is -0.396 e. The highest BCUT2D eigenvalue weighted by molar-refractivity contribution is 7.91. The smallest absolute Gasteiger partial charge is 0.179 e. The second kappa shape index (κ2) is 5.28. The average Bonchev–Trinajstić information content (AvgIpc) is 2.74. The quantitative estimate of drug-likeness (QED) is 0.948. The predicted octanol–water partition coefficient (Wildman–Crippen LogP) is 2.64. The van der Waals surface area contributed by atoms with Gasteiger partial charge in [0.25, 0.3) is 0 Å². The van der Waals surface area contributed by atoms with Crippen LogP contribution in [0.1, 0.15) is 28.5 Å². The summed E-state index contributed by atoms with van der Waals surface area (Å²) in [5.74, 6) is -0.297. The number of sulfone groups is 1. The molecule has 0 saturated heterocycles. The van der Waals surface area contributed by atoms with Crippen LogP contribution in [0.5, 0.6) is 0 Å². The molecule has 0 radical (unpaired) electrons. The zero-order valence-electron chi connectivity index (χ0n) is 11.9. The first kappa shape index (κ1) is 14.3. The third kappa shape index (κ3) is 2.49. The van der Waals surface area contributed by atoms with Gasteiger partial charge in [-0.3, -0.25) is 0 Å². The van der Waals surface area contributed by atoms with E-state index in [4.69, 9.17) is 0 Å². The fourth-order valence-corrected chi connectivity index (χ4v) is 5.03. The highest BCUT2D eigenvalue weighted by Crippen LogP contribution is 2.43. The lowest BCUT2D eigenvalue weighted by molar-refractivity contribution is 0.252. The Hall–Kier alpha value is -1.65. The lowest BCUT2D eigenvalue weighted by Gasteiger charge is -2.22. The van der Waals surface area contributed by atoms with E-state index in [0.29, 0.717) is 4.90 Å². The third-order valence-electron chi connectivity index (χ3n) is 4.24. The maximum absolute atomic E-state index is 12.3. The van der Waals surface area contributed by atoms with E-state index < -0.39 is 9.84 Å². The molecule has 4 heteroatoms. The molecular formula is C17H18O3S. The van der Waals surface area contributed by atoms with Crippen LogP contribution in [-0.4, -0.2) is 25.9 Å². The number of aryl methyl sites for hydroxylation is 1. The van der Waals surface area contributed by atoms with Crippen LogP contribution in [0.4, 0.5) is 0 Å². The van der Waals surface area contributed by atoms with E-state index in [0.717, 1.165) is 16.7 Å². The van der Waals surface area contributed by atoms with Gasteiger partial charge in [-0.25, -0.2) is 8.42 Å². The minimum atomic E-state index is -3.24. The Labute approximate surface area is 125 Å². The number of aliphatic hydroxyl groups excluding tert-OH is 1. The molecule has 2 atom stereocenters. The molecule has 0 aromatic heterocycles. The first-order valence-corrected chi connectivity index (χ1v) is 8.67. The zero-order valence-corrected chi connectivity index (χ0v) is 12.7. The Kier molecular flexibility index (Phi) is 3.59. The molecule has 2 aromatic carbocycles. The molecule has 2 unspecified atom stereocenters. The summed E-state index contributed by atoms with van der Waals surface area (Å²) in [6, 6.07) is 15.1. The first-order valence-electron chi connectivity index (χ1n) is 7.02. The zero-order chi connectivity index (χ0) is 15.0. The van der Waals surface area contributed by atoms with Gasteiger partial charge in [-0.15, -0.1) is 0 Å². The lowest BCUT2D eigenvalue weighted by Crippen LogP contribution is -2.17. The molecule has 0 aliphatic carbocycles. The van der Waals surface area contributed by atoms with Crippen molar-refractivity contribution in [2.75, 3.05) is 12.4 Å². The number of fused-ring (bicyclic) bond motifs is 1. The van der Waals surface area contributed by atoms with Gasteiger partial charge in [-0.1, -0.05) is 48.0 Å². The average molecular weight is 302 g/mol. The van der Waals surface area contributed by atoms with E-state index in [9.17, 15) is 13.5 Å². The first-order chi connectivity index (χ1) is 10.0. The van der Waals surface area contributed by atoms with E-state index in [-0.39, 0.29) is 24.2 Å². The standard InChI is InChI=1S/C17H18O3S/c1-12-6-8-13(9-7-12)15(10-18)16-11-21(19,20)17-5-3-2-4-14(16)17/h2-9,15-16,18H,10-11H2,1H3. The van der Waals surface area contributed by atoms with Crippen LogP contribution in [0, 0.1) is 6.92 Å². The van der Waals surface area contributed by atoms with Gasteiger partial charge in [-0.05, 0) is 24.1 Å². The molecule has 0 fully saturated rings. The highest BCUT2D eigenvalue weighted by Gasteiger charge is 2.39. The van der Waals surface area contributed by atoms with Crippen molar-refractivity contribution in [3.63, 3.8) is 0 Å². The summed E-state index contributed by atoms with van der Waals surface area (Å²) in [4.78, 5) is 0.417. The molecule has 1 heterocycles. The number of aliphatic hydroxyl groups is 1. The molecule has 21 heavy (non-hydrogen) atoms. The van der Waals surface area contributed by atoms with E-state index in [1.54, 1.807) is 12.1 Å². The summed E-state index contributed by atoms with van der Waals surface area (Å²) in [6.45, 7) is 1.95. The van der Waals surface area contributed by atoms with E-state index >= 15 is 0 Å². The molecule has 0 saturated carbocycles. The predicted molar refractivity (Wildman–Crippen MR) is 82.2 cm³/mol. The summed E-state index contributed by atoms with van der Waals surface area (Å²) in [5, 5.41) is 9.81. The van der Waals surface area contributed by atoms with Gasteiger partial charge in [0.1, 0.15) is 0 Å². The van der Waals surface area contributed by atoms with Crippen molar-refractivity contribution in [1.82, 2.24) is 0 Å². The van der Waals surface area contributed by atoms with Crippen LogP contribution in [0.25, 0.3) is 0 Å². The van der Waals surface area contributed by atoms with Gasteiger partial charge in [-0.2, -0.15) is 0 Å². The van der Waals surface area contributed by atoms with Crippen molar-refractivity contribution in [1.29, 1.82) is 0 Å². The summed E-state index contributed by atoms with van der Waals surface area (Å²) < 4.78 is 24.6. The summed E-state index contributed by atoms with van der Waals surface area (Å²) >= 11 is 0. The second-order valence-corrected chi connectivity index (χ2v) is 7.63. The van der Waals surface area contributed by atoms with Crippen LogP contribution in [-0.2, 0) is 9.84 Å². The summed E-state index contributed by atoms with van der Waals surface area (Å²) in [6.07, 6.45) is 0. The molecule has 3 rings (SSSR count). The van der Waals surface area contributed by atoms with Crippen molar-refractivity contribution in [2.24, 2.45) is 0 Å². The fourth-order valence-electron chi connectivity index (χ4n) is 3.10. The Balaban J connectivity index is 2.05. The van der Waals surface area contributed by atoms with Crippen LogP contribution in [0.15, 0.2) is 53.4 Å². The molecule has 110 valence electrons. The van der Waals surface area contributed by atoms with Crippen molar-refractivity contribution >= 4 is 9.84 Å². The molecule has 1 aliphatic heterocycles. The Morgan fingerprint density at radius 2 is 1.81 bits per heavy atom. The van der Waals surface area contributed by atoms with Crippen molar-refractivity contribution in [2.45, 2.75) is 23.7 Å². The molecule has 0 spiro atoms. The Bertz CT molecular complexity index is 748. The highest BCUT2D eigenvalue weighted by atomic mass is 32.2. The minimum absolute atomic E-state index is 0.0580. The van der Waals surface area contributed by atoms with Crippen LogP contribution in [0.3, 0.4) is 0 Å². The van der Waals surface area contributed by atoms with Gasteiger partial charge in [0.2, 0.25) is 0 Å². The third-order valence-corrected chi connectivity index (χ3v) is 6.08. The molecule has 1 N–H and O–H groups in total. The molecular weight excluding hydrogens is 284 g/mol. The number of hydrogen-bond acceptors (Lipinski definition) is 3. The molecule has 0 amide bonds. The fraction of sp³-hybridized carbons (Fsp3) is 0.294. The monoisotopic (exact) mass is 302 g/mol. The molecule has 3 nitrogen and oxygen atoms in total. The molecule has 2 aromatic rings. The Morgan fingerprint density at radius 3 is 2.48 bits per heavy atom. The molecule has 1 aliphatic rings. The maximum atomic E-state index is 12.3. The second-order valence-electron chi connectivity index (χ2n) is 5.63. The normalized spacial score (nSPS) is 21.0. The van der Waals surface area contributed by atoms with Crippen molar-refractivity contribution in [3.8, 4) is 0 Å². The van der Waals surface area contributed by atoms with Gasteiger partial charge in [0.05, 0.1) is 17.3 Å². The molecule has 0 bridgehead atoms. The number of rotatable bonds is 3. The van der Waals surface area contributed by atoms with Gasteiger partial charge in [0, 0.05) is 11.8 Å². The van der Waals surface area contributed by atoms with E-state index in [2.05, 4.69) is 0 Å². The lowest BCUT2D eigenvalue weighted by atomic mass is 9.83. The van der Waals surface area contributed by atoms with Crippen molar-refractivity contribution in [3.05, 3.63) is 65.2 Å². The van der Waals surface area contributed by atoms with Crippen LogP contribution < -0.4 is 0 Å². The topological polar surface area (TPSA) is 54.4 Å². The SMILES string of the molecule is Cc1ccc(C(CO)C2CS(=O)(=O)c3ccccc32)cc1. The van der Waals surface area contributed by atoms with Gasteiger partial charge in [0.15, 0.2) is 9.84 Å². The van der Waals surface area contributed by atoms with E-state index in [1.807, 2.05) is 43.3 Å². The summed E-state index contributed by atoms with van der Waals surface area (Å²) in [5.41, 5.74) is 2.96. The number of hydrogen-bond donors (Lipinski definition) is 1. The largest absolute Gasteiger partial charge is 0.396 e. The summed E-state index contributed by atoms with van der Waals surface area (Å²) in [7, 11) is -3.24.